The van der Waals surface area contributed by atoms with Gasteiger partial charge in [0.05, 0.1) is 11.2 Å². The Balaban J connectivity index is 1.42. The molecule has 1 aliphatic rings. The number of furan rings is 1. The van der Waals surface area contributed by atoms with Crippen LogP contribution in [0.25, 0.3) is 0 Å². The highest BCUT2D eigenvalue weighted by Gasteiger charge is 2.34. The summed E-state index contributed by atoms with van der Waals surface area (Å²) in [6.45, 7) is 1.43. The van der Waals surface area contributed by atoms with E-state index in [1.54, 1.807) is 18.4 Å². The van der Waals surface area contributed by atoms with Crippen LogP contribution in [0.15, 0.2) is 52.0 Å². The number of nitrogens with zero attached hydrogens (tertiary/aromatic N) is 1. The lowest BCUT2D eigenvalue weighted by molar-refractivity contribution is -0.274. The second kappa shape index (κ2) is 11.0. The quantitative estimate of drug-likeness (QED) is 0.514. The summed E-state index contributed by atoms with van der Waals surface area (Å²) < 4.78 is 78.4. The van der Waals surface area contributed by atoms with Crippen LogP contribution in [0, 0.1) is 5.92 Å². The normalized spacial score (nSPS) is 16.0. The molecule has 1 N–H and O–H groups in total. The molecule has 0 spiro atoms. The molecule has 1 aliphatic heterocycles. The van der Waals surface area contributed by atoms with Crippen molar-refractivity contribution in [1.29, 1.82) is 0 Å². The highest BCUT2D eigenvalue weighted by atomic mass is 32.2. The summed E-state index contributed by atoms with van der Waals surface area (Å²) in [4.78, 5) is 12.1. The molecule has 0 aliphatic carbocycles. The zero-order valence-electron chi connectivity index (χ0n) is 17.7. The molecule has 0 saturated carbocycles. The number of nitrogens with one attached hydrogen (secondary N) is 1. The number of piperidine rings is 1. The molecule has 0 bridgehead atoms. The largest absolute Gasteiger partial charge is 0.573 e. The highest BCUT2D eigenvalue weighted by molar-refractivity contribution is 7.89. The van der Waals surface area contributed by atoms with E-state index in [2.05, 4.69) is 10.1 Å². The summed E-state index contributed by atoms with van der Waals surface area (Å²) in [6, 6.07) is 7.86. The fraction of sp³-hybridized carbons (Fsp3) is 0.476. The van der Waals surface area contributed by atoms with Gasteiger partial charge in [0.1, 0.15) is 18.1 Å². The first-order valence-corrected chi connectivity index (χ1v) is 11.8. The molecular formula is C21H25F3N2O6S. The average molecular weight is 491 g/mol. The molecule has 1 fully saturated rings. The Morgan fingerprint density at radius 3 is 2.61 bits per heavy atom. The Morgan fingerprint density at radius 2 is 1.94 bits per heavy atom. The maximum Gasteiger partial charge on any atom is 0.573 e. The fourth-order valence-electron chi connectivity index (χ4n) is 3.44. The predicted molar refractivity (Wildman–Crippen MR) is 111 cm³/mol. The molecular weight excluding hydrogens is 465 g/mol. The SMILES string of the molecule is O=C(NCCCOCc1ccco1)C1CCN(S(=O)(=O)c2cccc(OC(F)(F)F)c2)CC1. The zero-order valence-corrected chi connectivity index (χ0v) is 18.5. The van der Waals surface area contributed by atoms with Crippen molar-refractivity contribution >= 4 is 15.9 Å². The number of benzene rings is 1. The van der Waals surface area contributed by atoms with Crippen LogP contribution in [0.3, 0.4) is 0 Å². The number of carbonyl (C=O) groups is 1. The number of carbonyl (C=O) groups excluding carboxylic acids is 1. The van der Waals surface area contributed by atoms with Crippen molar-refractivity contribution in [2.75, 3.05) is 26.2 Å². The minimum absolute atomic E-state index is 0.0943. The molecule has 3 rings (SSSR count). The Morgan fingerprint density at radius 1 is 1.18 bits per heavy atom. The van der Waals surface area contributed by atoms with Crippen LogP contribution in [-0.2, 0) is 26.2 Å². The van der Waals surface area contributed by atoms with E-state index in [0.717, 1.165) is 17.9 Å². The summed E-state index contributed by atoms with van der Waals surface area (Å²) in [5, 5.41) is 2.83. The van der Waals surface area contributed by atoms with Gasteiger partial charge in [-0.1, -0.05) is 6.07 Å². The van der Waals surface area contributed by atoms with Gasteiger partial charge in [-0.2, -0.15) is 4.31 Å². The van der Waals surface area contributed by atoms with Crippen LogP contribution in [0.2, 0.25) is 0 Å². The van der Waals surface area contributed by atoms with Crippen molar-refractivity contribution in [2.45, 2.75) is 37.1 Å². The van der Waals surface area contributed by atoms with E-state index < -0.39 is 22.1 Å². The van der Waals surface area contributed by atoms with Gasteiger partial charge in [0.25, 0.3) is 0 Å². The Hall–Kier alpha value is -2.57. The molecule has 0 unspecified atom stereocenters. The van der Waals surface area contributed by atoms with E-state index in [9.17, 15) is 26.4 Å². The molecule has 0 atom stereocenters. The van der Waals surface area contributed by atoms with Crippen LogP contribution in [0.5, 0.6) is 5.75 Å². The first kappa shape index (κ1) is 25.1. The fourth-order valence-corrected chi connectivity index (χ4v) is 4.94. The van der Waals surface area contributed by atoms with E-state index in [4.69, 9.17) is 9.15 Å². The molecule has 1 aromatic heterocycles. The maximum atomic E-state index is 12.8. The van der Waals surface area contributed by atoms with Crippen molar-refractivity contribution in [3.63, 3.8) is 0 Å². The van der Waals surface area contributed by atoms with Crippen molar-refractivity contribution in [1.82, 2.24) is 9.62 Å². The molecule has 1 amide bonds. The van der Waals surface area contributed by atoms with Crippen LogP contribution < -0.4 is 10.1 Å². The molecule has 2 heterocycles. The number of alkyl halides is 3. The Labute approximate surface area is 189 Å². The van der Waals surface area contributed by atoms with Crippen molar-refractivity contribution in [3.05, 3.63) is 48.4 Å². The number of hydrogen-bond donors (Lipinski definition) is 1. The molecule has 8 nitrogen and oxygen atoms in total. The molecule has 182 valence electrons. The Kier molecular flexibility index (Phi) is 8.38. The molecule has 33 heavy (non-hydrogen) atoms. The second-order valence-corrected chi connectivity index (χ2v) is 9.42. The van der Waals surface area contributed by atoms with E-state index in [1.165, 1.54) is 16.4 Å². The van der Waals surface area contributed by atoms with E-state index in [-0.39, 0.29) is 29.8 Å². The molecule has 1 aromatic carbocycles. The first-order valence-electron chi connectivity index (χ1n) is 10.4. The van der Waals surface area contributed by atoms with Crippen LogP contribution in [0.4, 0.5) is 13.2 Å². The molecule has 0 radical (unpaired) electrons. The van der Waals surface area contributed by atoms with Gasteiger partial charge >= 0.3 is 6.36 Å². The lowest BCUT2D eigenvalue weighted by Gasteiger charge is -2.30. The van der Waals surface area contributed by atoms with E-state index >= 15 is 0 Å². The minimum Gasteiger partial charge on any atom is -0.467 e. The van der Waals surface area contributed by atoms with Gasteiger partial charge in [-0.15, -0.1) is 13.2 Å². The van der Waals surface area contributed by atoms with Gasteiger partial charge in [-0.25, -0.2) is 8.42 Å². The number of ether oxygens (including phenoxy) is 2. The van der Waals surface area contributed by atoms with Gasteiger partial charge in [-0.05, 0) is 43.5 Å². The maximum absolute atomic E-state index is 12.8. The zero-order chi connectivity index (χ0) is 23.9. The first-order chi connectivity index (χ1) is 15.6. The summed E-state index contributed by atoms with van der Waals surface area (Å²) >= 11 is 0. The van der Waals surface area contributed by atoms with Gasteiger partial charge < -0.3 is 19.2 Å². The second-order valence-electron chi connectivity index (χ2n) is 7.48. The number of sulfonamides is 1. The smallest absolute Gasteiger partial charge is 0.467 e. The van der Waals surface area contributed by atoms with Gasteiger partial charge in [0.15, 0.2) is 0 Å². The molecule has 12 heteroatoms. The molecule has 2 aromatic rings. The van der Waals surface area contributed by atoms with Crippen LogP contribution in [0.1, 0.15) is 25.0 Å². The summed E-state index contributed by atoms with van der Waals surface area (Å²) in [7, 11) is -4.01. The van der Waals surface area contributed by atoms with Gasteiger partial charge in [0, 0.05) is 38.2 Å². The summed E-state index contributed by atoms with van der Waals surface area (Å²) in [5.41, 5.74) is 0. The van der Waals surface area contributed by atoms with Crippen molar-refractivity contribution in [2.24, 2.45) is 5.92 Å². The third-order valence-electron chi connectivity index (χ3n) is 5.09. The lowest BCUT2D eigenvalue weighted by Crippen LogP contribution is -2.43. The number of rotatable bonds is 10. The van der Waals surface area contributed by atoms with Crippen molar-refractivity contribution in [3.8, 4) is 5.75 Å². The monoisotopic (exact) mass is 490 g/mol. The minimum atomic E-state index is -4.92. The predicted octanol–water partition coefficient (Wildman–Crippen LogP) is 3.30. The lowest BCUT2D eigenvalue weighted by atomic mass is 9.97. The standard InChI is InChI=1S/C21H25F3N2O6S/c22-21(23,24)32-17-4-1-6-19(14-17)33(28,29)26-10-7-16(8-11-26)20(27)25-9-3-12-30-15-18-5-2-13-31-18/h1-2,4-6,13-14,16H,3,7-12,15H2,(H,25,27). The third-order valence-corrected chi connectivity index (χ3v) is 6.99. The summed E-state index contributed by atoms with van der Waals surface area (Å²) in [6.07, 6.45) is -2.10. The van der Waals surface area contributed by atoms with Gasteiger partial charge in [0.2, 0.25) is 15.9 Å². The number of hydrogen-bond acceptors (Lipinski definition) is 6. The Bertz CT molecular complexity index is 1000. The van der Waals surface area contributed by atoms with Crippen LogP contribution in [-0.4, -0.2) is 51.2 Å². The average Bonchev–Trinajstić information content (AvgIpc) is 3.28. The van der Waals surface area contributed by atoms with Crippen molar-refractivity contribution < 1.29 is 40.3 Å². The number of amides is 1. The molecule has 1 saturated heterocycles. The van der Waals surface area contributed by atoms with E-state index in [1.807, 2.05) is 0 Å². The number of halogens is 3. The van der Waals surface area contributed by atoms with Crippen LogP contribution >= 0.6 is 0 Å². The van der Waals surface area contributed by atoms with E-state index in [0.29, 0.717) is 39.0 Å². The third kappa shape index (κ3) is 7.47. The van der Waals surface area contributed by atoms with Gasteiger partial charge in [-0.3, -0.25) is 4.79 Å². The highest BCUT2D eigenvalue weighted by Crippen LogP contribution is 2.28. The topological polar surface area (TPSA) is 98.1 Å². The summed E-state index contributed by atoms with van der Waals surface area (Å²) in [5.74, 6) is -0.370.